The number of hydrogen-bond donors (Lipinski definition) is 2. The number of amides is 2. The monoisotopic (exact) mass is 541 g/mol. The molecule has 3 rings (SSSR count). The Balaban J connectivity index is 2.05. The van der Waals surface area contributed by atoms with Gasteiger partial charge in [-0.05, 0) is 37.4 Å². The molecule has 2 N–H and O–H groups in total. The highest BCUT2D eigenvalue weighted by Gasteiger charge is 2.22. The van der Waals surface area contributed by atoms with E-state index in [-0.39, 0.29) is 11.3 Å². The summed E-state index contributed by atoms with van der Waals surface area (Å²) in [6.07, 6.45) is 2.93. The van der Waals surface area contributed by atoms with E-state index in [4.69, 9.17) is 4.74 Å². The standard InChI is InChI=1S/C27H35N5O5S/c1-6-31(7-2)17-16-28-27(34)23(29-26(33)22-13-9-11-15-25(22)37-5)18-20-19-32(38(35,36)30(3)4)24-14-10-8-12-21(20)24/h8-15,18-19H,6-7,16-17H2,1-5H3,(H,28,34)(H,29,33)/b23-18-. The molecule has 0 radical (unpaired) electrons. The van der Waals surface area contributed by atoms with Gasteiger partial charge in [-0.25, -0.2) is 3.97 Å². The van der Waals surface area contributed by atoms with Crippen LogP contribution < -0.4 is 15.4 Å². The quantitative estimate of drug-likeness (QED) is 0.341. The van der Waals surface area contributed by atoms with Crippen LogP contribution in [0.25, 0.3) is 17.0 Å². The topological polar surface area (TPSA) is 113 Å². The Kier molecular flexibility index (Phi) is 9.67. The van der Waals surface area contributed by atoms with Crippen molar-refractivity contribution in [2.75, 3.05) is 47.4 Å². The molecule has 0 saturated heterocycles. The van der Waals surface area contributed by atoms with E-state index in [9.17, 15) is 18.0 Å². The van der Waals surface area contributed by atoms with Gasteiger partial charge < -0.3 is 20.3 Å². The zero-order valence-electron chi connectivity index (χ0n) is 22.4. The van der Waals surface area contributed by atoms with Gasteiger partial charge in [-0.2, -0.15) is 12.7 Å². The Morgan fingerprint density at radius 2 is 1.68 bits per heavy atom. The summed E-state index contributed by atoms with van der Waals surface area (Å²) in [7, 11) is 0.521. The van der Waals surface area contributed by atoms with Crippen molar-refractivity contribution in [2.45, 2.75) is 13.8 Å². The molecule has 0 saturated carbocycles. The van der Waals surface area contributed by atoms with Gasteiger partial charge in [0.05, 0.1) is 18.2 Å². The third-order valence-corrected chi connectivity index (χ3v) is 7.89. The number of hydrogen-bond acceptors (Lipinski definition) is 6. The van der Waals surface area contributed by atoms with E-state index in [2.05, 4.69) is 15.5 Å². The first kappa shape index (κ1) is 28.9. The maximum absolute atomic E-state index is 13.3. The average molecular weight is 542 g/mol. The fourth-order valence-corrected chi connectivity index (χ4v) is 4.96. The molecular weight excluding hydrogens is 506 g/mol. The minimum atomic E-state index is -3.83. The van der Waals surface area contributed by atoms with E-state index < -0.39 is 22.0 Å². The number of carbonyl (C=O) groups is 2. The first-order valence-corrected chi connectivity index (χ1v) is 13.7. The number of rotatable bonds is 12. The molecule has 2 aromatic carbocycles. The van der Waals surface area contributed by atoms with Crippen LogP contribution in [0.3, 0.4) is 0 Å². The van der Waals surface area contributed by atoms with Crippen molar-refractivity contribution in [1.82, 2.24) is 23.8 Å². The lowest BCUT2D eigenvalue weighted by molar-refractivity contribution is -0.117. The summed E-state index contributed by atoms with van der Waals surface area (Å²) < 4.78 is 33.5. The molecule has 0 unspecified atom stereocenters. The predicted molar refractivity (Wildman–Crippen MR) is 149 cm³/mol. The van der Waals surface area contributed by atoms with Crippen molar-refractivity contribution in [3.05, 3.63) is 71.6 Å². The third kappa shape index (κ3) is 6.42. The lowest BCUT2D eigenvalue weighted by Crippen LogP contribution is -2.39. The van der Waals surface area contributed by atoms with Crippen LogP contribution in [0, 0.1) is 0 Å². The lowest BCUT2D eigenvalue weighted by atomic mass is 10.1. The van der Waals surface area contributed by atoms with Crippen molar-refractivity contribution in [2.24, 2.45) is 0 Å². The molecule has 11 heteroatoms. The first-order chi connectivity index (χ1) is 18.1. The molecular formula is C27H35N5O5S. The molecule has 0 spiro atoms. The number of ether oxygens (including phenoxy) is 1. The summed E-state index contributed by atoms with van der Waals surface area (Å²) in [5.74, 6) is -0.662. The molecule has 10 nitrogen and oxygen atoms in total. The van der Waals surface area contributed by atoms with Gasteiger partial charge in [-0.3, -0.25) is 9.59 Å². The van der Waals surface area contributed by atoms with Crippen LogP contribution in [0.4, 0.5) is 0 Å². The number of fused-ring (bicyclic) bond motifs is 1. The summed E-state index contributed by atoms with van der Waals surface area (Å²) in [5, 5.41) is 6.18. The molecule has 0 aliphatic rings. The summed E-state index contributed by atoms with van der Waals surface area (Å²) >= 11 is 0. The first-order valence-electron chi connectivity index (χ1n) is 12.3. The molecule has 2 amide bonds. The van der Waals surface area contributed by atoms with Crippen molar-refractivity contribution < 1.29 is 22.7 Å². The van der Waals surface area contributed by atoms with Crippen molar-refractivity contribution >= 4 is 39.0 Å². The van der Waals surface area contributed by atoms with Gasteiger partial charge in [0.1, 0.15) is 11.4 Å². The highest BCUT2D eigenvalue weighted by atomic mass is 32.2. The van der Waals surface area contributed by atoms with Gasteiger partial charge in [-0.15, -0.1) is 0 Å². The van der Waals surface area contributed by atoms with Crippen LogP contribution in [0.1, 0.15) is 29.8 Å². The largest absolute Gasteiger partial charge is 0.496 e. The number of para-hydroxylation sites is 2. The molecule has 0 aliphatic carbocycles. The lowest BCUT2D eigenvalue weighted by Gasteiger charge is -2.18. The SMILES string of the molecule is CCN(CC)CCNC(=O)/C(=C/c1cn(S(=O)(=O)N(C)C)c2ccccc12)NC(=O)c1ccccc1OC. The summed E-state index contributed by atoms with van der Waals surface area (Å²) in [5.41, 5.74) is 1.14. The van der Waals surface area contributed by atoms with E-state index in [0.29, 0.717) is 35.3 Å². The van der Waals surface area contributed by atoms with Crippen LogP contribution in [-0.2, 0) is 15.0 Å². The molecule has 1 heterocycles. The van der Waals surface area contributed by atoms with E-state index in [0.717, 1.165) is 21.4 Å². The Morgan fingerprint density at radius 3 is 2.34 bits per heavy atom. The molecule has 38 heavy (non-hydrogen) atoms. The zero-order chi connectivity index (χ0) is 27.9. The fraction of sp³-hybridized carbons (Fsp3) is 0.333. The van der Waals surface area contributed by atoms with Crippen LogP contribution >= 0.6 is 0 Å². The van der Waals surface area contributed by atoms with E-state index in [1.165, 1.54) is 33.5 Å². The fourth-order valence-electron chi connectivity index (χ4n) is 3.96. The van der Waals surface area contributed by atoms with Gasteiger partial charge in [0.15, 0.2) is 0 Å². The second-order valence-corrected chi connectivity index (χ2v) is 10.7. The number of nitrogens with zero attached hydrogens (tertiary/aromatic N) is 3. The number of carbonyl (C=O) groups excluding carboxylic acids is 2. The van der Waals surface area contributed by atoms with Gasteiger partial charge in [0.25, 0.3) is 11.8 Å². The Morgan fingerprint density at radius 1 is 1.03 bits per heavy atom. The number of methoxy groups -OCH3 is 1. The van der Waals surface area contributed by atoms with Crippen LogP contribution in [0.15, 0.2) is 60.4 Å². The van der Waals surface area contributed by atoms with Crippen LogP contribution in [0.2, 0.25) is 0 Å². The van der Waals surface area contributed by atoms with Gasteiger partial charge in [0.2, 0.25) is 0 Å². The van der Waals surface area contributed by atoms with E-state index >= 15 is 0 Å². The number of aromatic nitrogens is 1. The highest BCUT2D eigenvalue weighted by Crippen LogP contribution is 2.26. The zero-order valence-corrected chi connectivity index (χ0v) is 23.2. The maximum Gasteiger partial charge on any atom is 0.307 e. The molecule has 0 bridgehead atoms. The Labute approximate surface area is 224 Å². The van der Waals surface area contributed by atoms with Crippen molar-refractivity contribution in [3.63, 3.8) is 0 Å². The minimum Gasteiger partial charge on any atom is -0.496 e. The summed E-state index contributed by atoms with van der Waals surface area (Å²) in [6.45, 7) is 6.80. The predicted octanol–water partition coefficient (Wildman–Crippen LogP) is 2.53. The Hall–Kier alpha value is -3.67. The number of likely N-dealkylation sites (N-methyl/N-ethyl adjacent to an activating group) is 1. The summed E-state index contributed by atoms with van der Waals surface area (Å²) in [4.78, 5) is 28.7. The average Bonchev–Trinajstić information content (AvgIpc) is 3.29. The minimum absolute atomic E-state index is 0.0226. The smallest absolute Gasteiger partial charge is 0.307 e. The molecule has 1 aromatic heterocycles. The highest BCUT2D eigenvalue weighted by molar-refractivity contribution is 7.87. The second kappa shape index (κ2) is 12.7. The Bertz CT molecular complexity index is 1420. The third-order valence-electron chi connectivity index (χ3n) is 6.17. The normalized spacial score (nSPS) is 12.2. The molecule has 0 aliphatic heterocycles. The van der Waals surface area contributed by atoms with Gasteiger partial charge in [0, 0.05) is 44.3 Å². The van der Waals surface area contributed by atoms with Gasteiger partial charge in [-0.1, -0.05) is 44.2 Å². The van der Waals surface area contributed by atoms with Crippen LogP contribution in [-0.4, -0.2) is 80.8 Å². The molecule has 0 atom stereocenters. The number of benzene rings is 2. The second-order valence-electron chi connectivity index (χ2n) is 8.68. The maximum atomic E-state index is 13.3. The molecule has 0 fully saturated rings. The van der Waals surface area contributed by atoms with Crippen molar-refractivity contribution in [1.29, 1.82) is 0 Å². The van der Waals surface area contributed by atoms with E-state index in [1.54, 1.807) is 48.5 Å². The van der Waals surface area contributed by atoms with Crippen LogP contribution in [0.5, 0.6) is 5.75 Å². The number of nitrogens with one attached hydrogen (secondary N) is 2. The summed E-state index contributed by atoms with van der Waals surface area (Å²) in [6, 6.07) is 13.7. The van der Waals surface area contributed by atoms with Gasteiger partial charge >= 0.3 is 10.2 Å². The van der Waals surface area contributed by atoms with E-state index in [1.807, 2.05) is 13.8 Å². The van der Waals surface area contributed by atoms with Crippen molar-refractivity contribution in [3.8, 4) is 5.75 Å². The molecule has 204 valence electrons. The molecule has 3 aromatic rings.